The van der Waals surface area contributed by atoms with Crippen LogP contribution in [-0.4, -0.2) is 15.7 Å². The van der Waals surface area contributed by atoms with Gasteiger partial charge in [-0.2, -0.15) is 5.10 Å². The molecule has 0 radical (unpaired) electrons. The number of benzene rings is 3. The molecule has 0 aliphatic carbocycles. The van der Waals surface area contributed by atoms with Crippen molar-refractivity contribution in [3.05, 3.63) is 101 Å². The molecule has 0 atom stereocenters. The highest BCUT2D eigenvalue weighted by atomic mass is 35.5. The summed E-state index contributed by atoms with van der Waals surface area (Å²) in [5, 5.41) is 8.16. The highest BCUT2D eigenvalue weighted by Gasteiger charge is 2.13. The number of hydrogen-bond donors (Lipinski definition) is 1. The van der Waals surface area contributed by atoms with E-state index in [1.54, 1.807) is 42.2 Å². The third-order valence-corrected chi connectivity index (χ3v) is 5.84. The Labute approximate surface area is 193 Å². The first-order valence-electron chi connectivity index (χ1n) is 9.33. The van der Waals surface area contributed by atoms with E-state index in [0.29, 0.717) is 15.8 Å². The van der Waals surface area contributed by atoms with Crippen LogP contribution in [0.25, 0.3) is 0 Å². The predicted molar refractivity (Wildman–Crippen MR) is 124 cm³/mol. The summed E-state index contributed by atoms with van der Waals surface area (Å²) >= 11 is 13.6. The number of nitrogens with one attached hydrogen (secondary N) is 1. The second-order valence-corrected chi connectivity index (χ2v) is 8.41. The van der Waals surface area contributed by atoms with Gasteiger partial charge in [-0.25, -0.2) is 4.68 Å². The molecule has 0 saturated heterocycles. The minimum atomic E-state index is -0.301. The SMILES string of the molecule is O=C(Nc1ccccc1Sc1ccccc1)c1ccn(COc2ccc(Cl)cc2Cl)n1. The molecular weight excluding hydrogens is 453 g/mol. The molecule has 1 amide bonds. The molecule has 156 valence electrons. The van der Waals surface area contributed by atoms with Crippen LogP contribution in [0, 0.1) is 0 Å². The van der Waals surface area contributed by atoms with Gasteiger partial charge in [-0.15, -0.1) is 0 Å². The maximum absolute atomic E-state index is 12.7. The Hall–Kier alpha value is -2.93. The molecule has 4 rings (SSSR count). The van der Waals surface area contributed by atoms with Crippen molar-refractivity contribution in [2.24, 2.45) is 0 Å². The Kier molecular flexibility index (Phi) is 6.82. The normalized spacial score (nSPS) is 10.6. The molecule has 0 fully saturated rings. The molecule has 0 unspecified atom stereocenters. The quantitative estimate of drug-likeness (QED) is 0.329. The Bertz CT molecular complexity index is 1200. The monoisotopic (exact) mass is 469 g/mol. The van der Waals surface area contributed by atoms with Gasteiger partial charge < -0.3 is 10.1 Å². The van der Waals surface area contributed by atoms with Crippen molar-refractivity contribution in [3.8, 4) is 5.75 Å². The smallest absolute Gasteiger partial charge is 0.276 e. The maximum Gasteiger partial charge on any atom is 0.276 e. The number of carbonyl (C=O) groups excluding carboxylic acids is 1. The molecule has 0 spiro atoms. The maximum atomic E-state index is 12.7. The van der Waals surface area contributed by atoms with Crippen molar-refractivity contribution in [3.63, 3.8) is 0 Å². The fraction of sp³-hybridized carbons (Fsp3) is 0.0435. The van der Waals surface area contributed by atoms with Gasteiger partial charge in [0.2, 0.25) is 0 Å². The van der Waals surface area contributed by atoms with Crippen LogP contribution in [0.3, 0.4) is 0 Å². The van der Waals surface area contributed by atoms with Crippen LogP contribution in [0.2, 0.25) is 10.0 Å². The summed E-state index contributed by atoms with van der Waals surface area (Å²) in [6, 6.07) is 24.3. The summed E-state index contributed by atoms with van der Waals surface area (Å²) in [4.78, 5) is 14.8. The highest BCUT2D eigenvalue weighted by molar-refractivity contribution is 7.99. The van der Waals surface area contributed by atoms with Gasteiger partial charge in [0.25, 0.3) is 5.91 Å². The van der Waals surface area contributed by atoms with Gasteiger partial charge in [0.15, 0.2) is 12.4 Å². The average molecular weight is 470 g/mol. The molecule has 1 N–H and O–H groups in total. The largest absolute Gasteiger partial charge is 0.470 e. The third-order valence-electron chi connectivity index (χ3n) is 4.23. The summed E-state index contributed by atoms with van der Waals surface area (Å²) in [6.45, 7) is 0.106. The fourth-order valence-electron chi connectivity index (χ4n) is 2.74. The molecule has 0 aliphatic rings. The summed E-state index contributed by atoms with van der Waals surface area (Å²) in [6.07, 6.45) is 1.67. The summed E-state index contributed by atoms with van der Waals surface area (Å²) in [7, 11) is 0. The fourth-order valence-corrected chi connectivity index (χ4v) is 4.13. The Morgan fingerprint density at radius 1 is 1.00 bits per heavy atom. The van der Waals surface area contributed by atoms with Gasteiger partial charge in [0.05, 0.1) is 10.7 Å². The summed E-state index contributed by atoms with van der Waals surface area (Å²) in [5.74, 6) is 0.184. The first-order chi connectivity index (χ1) is 15.1. The minimum absolute atomic E-state index is 0.106. The van der Waals surface area contributed by atoms with Crippen LogP contribution in [0.4, 0.5) is 5.69 Å². The molecule has 0 saturated carbocycles. The molecule has 5 nitrogen and oxygen atoms in total. The van der Waals surface area contributed by atoms with E-state index in [-0.39, 0.29) is 18.3 Å². The van der Waals surface area contributed by atoms with Crippen LogP contribution >= 0.6 is 35.0 Å². The van der Waals surface area contributed by atoms with Crippen LogP contribution in [0.1, 0.15) is 10.5 Å². The van der Waals surface area contributed by atoms with E-state index in [2.05, 4.69) is 10.4 Å². The molecule has 1 heterocycles. The molecular formula is C23H17Cl2N3O2S. The van der Waals surface area contributed by atoms with E-state index in [1.165, 1.54) is 4.68 Å². The van der Waals surface area contributed by atoms with Crippen LogP contribution in [0.5, 0.6) is 5.75 Å². The first kappa shape index (κ1) is 21.3. The van der Waals surface area contributed by atoms with Gasteiger partial charge in [0, 0.05) is 21.0 Å². The number of aromatic nitrogens is 2. The van der Waals surface area contributed by atoms with E-state index in [1.807, 2.05) is 54.6 Å². The summed E-state index contributed by atoms with van der Waals surface area (Å²) in [5.41, 5.74) is 1.01. The standard InChI is InChI=1S/C23H17Cl2N3O2S/c24-16-10-11-21(18(25)14-16)30-15-28-13-12-20(27-28)23(29)26-19-8-4-5-9-22(19)31-17-6-2-1-3-7-17/h1-14H,15H2,(H,26,29). The van der Waals surface area contributed by atoms with E-state index >= 15 is 0 Å². The Morgan fingerprint density at radius 2 is 1.77 bits per heavy atom. The second-order valence-electron chi connectivity index (χ2n) is 6.45. The molecule has 4 aromatic rings. The second kappa shape index (κ2) is 9.92. The Morgan fingerprint density at radius 3 is 2.58 bits per heavy atom. The molecule has 1 aromatic heterocycles. The number of hydrogen-bond acceptors (Lipinski definition) is 4. The lowest BCUT2D eigenvalue weighted by Gasteiger charge is -2.10. The van der Waals surface area contributed by atoms with Crippen molar-refractivity contribution >= 4 is 46.6 Å². The van der Waals surface area contributed by atoms with Crippen LogP contribution in [-0.2, 0) is 6.73 Å². The molecule has 31 heavy (non-hydrogen) atoms. The topological polar surface area (TPSA) is 56.2 Å². The molecule has 3 aromatic carbocycles. The van der Waals surface area contributed by atoms with Gasteiger partial charge in [0.1, 0.15) is 5.75 Å². The van der Waals surface area contributed by atoms with Crippen molar-refractivity contribution in [1.29, 1.82) is 0 Å². The van der Waals surface area contributed by atoms with E-state index in [4.69, 9.17) is 27.9 Å². The number of para-hydroxylation sites is 1. The van der Waals surface area contributed by atoms with Gasteiger partial charge in [-0.1, -0.05) is 65.3 Å². The number of carbonyl (C=O) groups is 1. The highest BCUT2D eigenvalue weighted by Crippen LogP contribution is 2.33. The third kappa shape index (κ3) is 5.61. The van der Waals surface area contributed by atoms with E-state index in [9.17, 15) is 4.79 Å². The van der Waals surface area contributed by atoms with Crippen LogP contribution < -0.4 is 10.1 Å². The number of nitrogens with zero attached hydrogens (tertiary/aromatic N) is 2. The zero-order chi connectivity index (χ0) is 21.6. The van der Waals surface area contributed by atoms with Crippen molar-refractivity contribution in [1.82, 2.24) is 9.78 Å². The van der Waals surface area contributed by atoms with Gasteiger partial charge in [-0.3, -0.25) is 4.79 Å². The lowest BCUT2D eigenvalue weighted by atomic mass is 10.3. The first-order valence-corrected chi connectivity index (χ1v) is 10.9. The Balaban J connectivity index is 1.41. The van der Waals surface area contributed by atoms with E-state index in [0.717, 1.165) is 15.5 Å². The number of anilines is 1. The predicted octanol–water partition coefficient (Wildman–Crippen LogP) is 6.63. The van der Waals surface area contributed by atoms with Crippen molar-refractivity contribution < 1.29 is 9.53 Å². The minimum Gasteiger partial charge on any atom is -0.470 e. The zero-order valence-corrected chi connectivity index (χ0v) is 18.5. The summed E-state index contributed by atoms with van der Waals surface area (Å²) < 4.78 is 7.17. The lowest BCUT2D eigenvalue weighted by Crippen LogP contribution is -2.14. The van der Waals surface area contributed by atoms with Gasteiger partial charge in [-0.05, 0) is 48.5 Å². The number of amides is 1. The molecule has 0 aliphatic heterocycles. The van der Waals surface area contributed by atoms with Crippen molar-refractivity contribution in [2.75, 3.05) is 5.32 Å². The molecule has 8 heteroatoms. The van der Waals surface area contributed by atoms with Crippen LogP contribution in [0.15, 0.2) is 94.9 Å². The van der Waals surface area contributed by atoms with E-state index < -0.39 is 0 Å². The number of halogens is 2. The lowest BCUT2D eigenvalue weighted by molar-refractivity contribution is 0.102. The number of rotatable bonds is 7. The van der Waals surface area contributed by atoms with Gasteiger partial charge >= 0.3 is 0 Å². The molecule has 0 bridgehead atoms. The van der Waals surface area contributed by atoms with Crippen molar-refractivity contribution in [2.45, 2.75) is 16.5 Å². The number of ether oxygens (including phenoxy) is 1. The zero-order valence-electron chi connectivity index (χ0n) is 16.2. The average Bonchev–Trinajstić information content (AvgIpc) is 3.24.